The molecule has 1 aromatic carbocycles. The second kappa shape index (κ2) is 8.05. The fourth-order valence-electron chi connectivity index (χ4n) is 4.01. The first kappa shape index (κ1) is 24.6. The first-order chi connectivity index (χ1) is 16.3. The summed E-state index contributed by atoms with van der Waals surface area (Å²) in [5.41, 5.74) is -9.81. The lowest BCUT2D eigenvalue weighted by molar-refractivity contribution is -0.196. The van der Waals surface area contributed by atoms with Crippen LogP contribution >= 0.6 is 0 Å². The van der Waals surface area contributed by atoms with Gasteiger partial charge in [0.1, 0.15) is 12.0 Å². The predicted molar refractivity (Wildman–Crippen MR) is 100 cm³/mol. The van der Waals surface area contributed by atoms with Gasteiger partial charge in [0, 0.05) is 5.56 Å². The third kappa shape index (κ3) is 3.05. The number of hydrogen-bond acceptors (Lipinski definition) is 10. The van der Waals surface area contributed by atoms with E-state index >= 15 is 0 Å². The van der Waals surface area contributed by atoms with E-state index in [4.69, 9.17) is 4.74 Å². The van der Waals surface area contributed by atoms with Crippen LogP contribution < -0.4 is 0 Å². The molecule has 0 saturated carbocycles. The molecule has 1 heterocycles. The lowest BCUT2D eigenvalue weighted by Gasteiger charge is -2.32. The van der Waals surface area contributed by atoms with E-state index in [1.54, 1.807) is 0 Å². The van der Waals surface area contributed by atoms with Crippen LogP contribution in [0.1, 0.15) is 23.1 Å². The van der Waals surface area contributed by atoms with E-state index in [0.717, 1.165) is 12.1 Å². The van der Waals surface area contributed by atoms with Gasteiger partial charge < -0.3 is 35.0 Å². The Morgan fingerprint density at radius 2 is 1.26 bits per heavy atom. The molecule has 5 N–H and O–H groups in total. The Kier molecular flexibility index (Phi) is 5.65. The first-order valence-electron chi connectivity index (χ1n) is 9.20. The summed E-state index contributed by atoms with van der Waals surface area (Å²) in [6, 6.07) is 4.93. The summed E-state index contributed by atoms with van der Waals surface area (Å²) >= 11 is 0. The Morgan fingerprint density at radius 3 is 1.71 bits per heavy atom. The number of cyclic esters (lactones) is 2. The number of rotatable bonds is 7. The number of hydrogen-bond donors (Lipinski definition) is 5. The van der Waals surface area contributed by atoms with E-state index < -0.39 is 76.2 Å². The van der Waals surface area contributed by atoms with Crippen molar-refractivity contribution in [3.05, 3.63) is 47.0 Å². The normalized spacial score (nSPS) is 24.4. The van der Waals surface area contributed by atoms with Crippen molar-refractivity contribution in [2.75, 3.05) is 0 Å². The summed E-state index contributed by atoms with van der Waals surface area (Å²) in [5, 5.41) is 47.6. The van der Waals surface area contributed by atoms with Crippen LogP contribution in [0.25, 0.3) is 0 Å². The van der Waals surface area contributed by atoms with Gasteiger partial charge in [0.2, 0.25) is 0 Å². The van der Waals surface area contributed by atoms with Crippen LogP contribution in [0.2, 0.25) is 0 Å². The average molecular weight is 492 g/mol. The molecule has 3 atom stereocenters. The third-order valence-corrected chi connectivity index (χ3v) is 5.61. The molecular weight excluding hydrogens is 480 g/mol. The van der Waals surface area contributed by atoms with Crippen LogP contribution in [0.4, 0.5) is 0 Å². The smallest absolute Gasteiger partial charge is 0.345 e. The summed E-state index contributed by atoms with van der Waals surface area (Å²) in [6.07, 6.45) is -1.34. The predicted octanol–water partition coefficient (Wildman–Crippen LogP) is -1.23. The molecule has 1 fully saturated rings. The van der Waals surface area contributed by atoms with E-state index in [9.17, 15) is 63.9 Å². The van der Waals surface area contributed by atoms with Crippen molar-refractivity contribution in [2.45, 2.75) is 12.0 Å². The van der Waals surface area contributed by atoms with Gasteiger partial charge in [0.05, 0.1) is 5.57 Å². The topological polar surface area (TPSA) is 256 Å². The third-order valence-electron chi connectivity index (χ3n) is 5.61. The molecule has 0 bridgehead atoms. The summed E-state index contributed by atoms with van der Waals surface area (Å²) < 4.78 is 8.87. The summed E-state index contributed by atoms with van der Waals surface area (Å²) in [7, 11) is 0. The minimum Gasteiger partial charge on any atom is -0.481 e. The molecule has 182 valence electrons. The number of carbonyl (C=O) groups is 8. The van der Waals surface area contributed by atoms with Crippen LogP contribution in [-0.2, 0) is 47.8 Å². The van der Waals surface area contributed by atoms with E-state index in [-0.39, 0.29) is 11.1 Å². The van der Waals surface area contributed by atoms with Crippen LogP contribution in [0.15, 0.2) is 35.9 Å². The van der Waals surface area contributed by atoms with Crippen molar-refractivity contribution < 1.29 is 73.4 Å². The molecule has 35 heavy (non-hydrogen) atoms. The van der Waals surface area contributed by atoms with Crippen molar-refractivity contribution in [1.82, 2.24) is 0 Å². The number of carboxylic acids is 5. The Labute approximate surface area is 191 Å². The Balaban J connectivity index is 2.24. The standard InChI is InChI=1S/C20H12O15/c21-11(22)8-5-9(6-3-1-2-4-7(6)10(8)12(23)24)34-17(32)20(15(29)30)18(33)35-16(31)19(20,13(25)26)14(27)28/h1-5,9-10H,(H,21,22)(H,23,24)(H,25,26)(H,27,28)(H,29,30). The minimum atomic E-state index is -4.29. The van der Waals surface area contributed by atoms with Gasteiger partial charge in [-0.2, -0.15) is 0 Å². The minimum absolute atomic E-state index is 0.201. The van der Waals surface area contributed by atoms with Gasteiger partial charge in [-0.1, -0.05) is 24.3 Å². The van der Waals surface area contributed by atoms with Crippen LogP contribution in [0, 0.1) is 10.8 Å². The number of fused-ring (bicyclic) bond motifs is 1. The Hall–Kier alpha value is -5.08. The second-order valence-electron chi connectivity index (χ2n) is 7.25. The Bertz CT molecular complexity index is 1260. The Morgan fingerprint density at radius 1 is 0.771 bits per heavy atom. The number of ether oxygens (including phenoxy) is 2. The maximum absolute atomic E-state index is 13.1. The van der Waals surface area contributed by atoms with Crippen LogP contribution in [0.5, 0.6) is 0 Å². The lowest BCUT2D eigenvalue weighted by Crippen LogP contribution is -2.63. The fraction of sp³-hybridized carbons (Fsp3) is 0.200. The average Bonchev–Trinajstić information content (AvgIpc) is 3.00. The molecule has 0 radical (unpaired) electrons. The lowest BCUT2D eigenvalue weighted by atomic mass is 9.64. The number of carboxylic acid groups (broad SMARTS) is 5. The van der Waals surface area contributed by atoms with Gasteiger partial charge in [-0.05, 0) is 11.6 Å². The molecule has 2 aliphatic rings. The highest BCUT2D eigenvalue weighted by molar-refractivity contribution is 6.38. The van der Waals surface area contributed by atoms with Gasteiger partial charge in [0.15, 0.2) is 0 Å². The molecule has 0 spiro atoms. The van der Waals surface area contributed by atoms with Gasteiger partial charge in [-0.25, -0.2) is 14.4 Å². The number of carbonyl (C=O) groups excluding carboxylic acids is 3. The molecule has 15 heteroatoms. The molecule has 3 rings (SSSR count). The van der Waals surface area contributed by atoms with Crippen LogP contribution in [0.3, 0.4) is 0 Å². The van der Waals surface area contributed by atoms with E-state index in [2.05, 4.69) is 4.74 Å². The molecule has 1 saturated heterocycles. The molecule has 1 aliphatic heterocycles. The highest BCUT2D eigenvalue weighted by Crippen LogP contribution is 2.50. The zero-order valence-corrected chi connectivity index (χ0v) is 16.9. The molecule has 0 amide bonds. The molecule has 1 aromatic rings. The zero-order chi connectivity index (χ0) is 26.5. The number of benzene rings is 1. The molecule has 1 aliphatic carbocycles. The van der Waals surface area contributed by atoms with Crippen molar-refractivity contribution in [2.24, 2.45) is 10.8 Å². The van der Waals surface area contributed by atoms with E-state index in [0.29, 0.717) is 6.08 Å². The molecule has 3 unspecified atom stereocenters. The summed E-state index contributed by atoms with van der Waals surface area (Å²) in [4.78, 5) is 96.7. The second-order valence-corrected chi connectivity index (χ2v) is 7.25. The summed E-state index contributed by atoms with van der Waals surface area (Å²) in [5.74, 6) is -20.4. The molecule has 0 aromatic heterocycles. The van der Waals surface area contributed by atoms with Gasteiger partial charge >= 0.3 is 47.8 Å². The fourth-order valence-corrected chi connectivity index (χ4v) is 4.01. The van der Waals surface area contributed by atoms with E-state index in [1.807, 2.05) is 0 Å². The highest BCUT2D eigenvalue weighted by atomic mass is 16.6. The molecular formula is C20H12O15. The number of aliphatic carboxylic acids is 5. The zero-order valence-electron chi connectivity index (χ0n) is 16.9. The summed E-state index contributed by atoms with van der Waals surface area (Å²) in [6.45, 7) is 0. The maximum atomic E-state index is 13.1. The largest absolute Gasteiger partial charge is 0.481 e. The number of esters is 3. The van der Waals surface area contributed by atoms with Crippen molar-refractivity contribution in [3.63, 3.8) is 0 Å². The molecule has 15 nitrogen and oxygen atoms in total. The van der Waals surface area contributed by atoms with Gasteiger partial charge in [0.25, 0.3) is 10.8 Å². The quantitative estimate of drug-likeness (QED) is 0.221. The van der Waals surface area contributed by atoms with E-state index in [1.165, 1.54) is 12.1 Å². The van der Waals surface area contributed by atoms with Gasteiger partial charge in [-0.3, -0.25) is 24.0 Å². The van der Waals surface area contributed by atoms with Gasteiger partial charge in [-0.15, -0.1) is 0 Å². The highest BCUT2D eigenvalue weighted by Gasteiger charge is 2.86. The van der Waals surface area contributed by atoms with Crippen molar-refractivity contribution >= 4 is 47.8 Å². The van der Waals surface area contributed by atoms with Crippen molar-refractivity contribution in [1.29, 1.82) is 0 Å². The van der Waals surface area contributed by atoms with Crippen LogP contribution in [-0.4, -0.2) is 73.3 Å². The van der Waals surface area contributed by atoms with Crippen molar-refractivity contribution in [3.8, 4) is 0 Å². The maximum Gasteiger partial charge on any atom is 0.345 e. The monoisotopic (exact) mass is 492 g/mol. The first-order valence-corrected chi connectivity index (χ1v) is 9.20. The SMILES string of the molecule is O=C(O)C1=CC(OC(=O)C2(C(=O)O)C(=O)OC(=O)C2(C(=O)O)C(=O)O)c2ccccc2C1C(=O)O.